The third kappa shape index (κ3) is 6.27. The number of aryl methyl sites for hydroxylation is 1. The van der Waals surface area contributed by atoms with Gasteiger partial charge < -0.3 is 10.1 Å². The van der Waals surface area contributed by atoms with Crippen LogP contribution >= 0.6 is 11.3 Å². The van der Waals surface area contributed by atoms with Crippen molar-refractivity contribution in [2.75, 3.05) is 25.2 Å². The summed E-state index contributed by atoms with van der Waals surface area (Å²) in [7, 11) is -3.12. The van der Waals surface area contributed by atoms with Crippen molar-refractivity contribution in [2.45, 2.75) is 44.6 Å². The van der Waals surface area contributed by atoms with Crippen LogP contribution in [0.2, 0.25) is 0 Å². The summed E-state index contributed by atoms with van der Waals surface area (Å²) in [5.74, 6) is -0.0277. The van der Waals surface area contributed by atoms with Gasteiger partial charge in [-0.2, -0.15) is 18.3 Å². The Hall–Kier alpha value is -1.43. The summed E-state index contributed by atoms with van der Waals surface area (Å²) in [6.45, 7) is 3.01. The summed E-state index contributed by atoms with van der Waals surface area (Å²) < 4.78 is 69.5. The van der Waals surface area contributed by atoms with E-state index >= 15 is 0 Å². The van der Waals surface area contributed by atoms with E-state index in [9.17, 15) is 21.6 Å². The molecule has 2 aromatic rings. The molecule has 162 valence electrons. The van der Waals surface area contributed by atoms with Crippen molar-refractivity contribution >= 4 is 21.2 Å². The summed E-state index contributed by atoms with van der Waals surface area (Å²) in [4.78, 5) is 0.0838. The minimum absolute atomic E-state index is 0.00152. The zero-order valence-electron chi connectivity index (χ0n) is 16.2. The van der Waals surface area contributed by atoms with Gasteiger partial charge in [0.25, 0.3) is 0 Å². The van der Waals surface area contributed by atoms with Crippen LogP contribution in [0.25, 0.3) is 0 Å². The highest BCUT2D eigenvalue weighted by Gasteiger charge is 2.34. The molecule has 2 unspecified atom stereocenters. The lowest BCUT2D eigenvalue weighted by molar-refractivity contribution is -0.134. The van der Waals surface area contributed by atoms with E-state index in [4.69, 9.17) is 4.74 Å². The maximum Gasteiger partial charge on any atom is 0.425 e. The molecule has 0 spiro atoms. The van der Waals surface area contributed by atoms with E-state index in [0.717, 1.165) is 23.2 Å². The molecule has 0 amide bonds. The number of sulfone groups is 1. The number of nitrogens with one attached hydrogen (secondary N) is 1. The van der Waals surface area contributed by atoms with Crippen LogP contribution < -0.4 is 5.32 Å². The van der Waals surface area contributed by atoms with Gasteiger partial charge in [0.2, 0.25) is 0 Å². The van der Waals surface area contributed by atoms with Crippen LogP contribution in [0.15, 0.2) is 18.5 Å². The minimum Gasteiger partial charge on any atom is -0.379 e. The van der Waals surface area contributed by atoms with E-state index in [-0.39, 0.29) is 24.4 Å². The first kappa shape index (κ1) is 22.3. The number of thiophene rings is 1. The molecule has 0 aliphatic carbocycles. The molecule has 0 fully saturated rings. The number of halogens is 3. The highest BCUT2D eigenvalue weighted by Crippen LogP contribution is 2.38. The van der Waals surface area contributed by atoms with Crippen LogP contribution in [0, 0.1) is 0 Å². The summed E-state index contributed by atoms with van der Waals surface area (Å²) in [6, 6.07) is 0.976. The zero-order valence-corrected chi connectivity index (χ0v) is 17.8. The van der Waals surface area contributed by atoms with Crippen molar-refractivity contribution in [1.82, 2.24) is 15.1 Å². The fourth-order valence-corrected chi connectivity index (χ4v) is 4.80. The van der Waals surface area contributed by atoms with Crippen LogP contribution in [0.1, 0.15) is 33.8 Å². The first-order chi connectivity index (χ1) is 13.5. The molecule has 6 nitrogen and oxygen atoms in total. The van der Waals surface area contributed by atoms with Crippen molar-refractivity contribution in [3.8, 4) is 0 Å². The number of ether oxygens (including phenoxy) is 1. The molecular weight excluding hydrogens is 427 g/mol. The monoisotopic (exact) mass is 451 g/mol. The van der Waals surface area contributed by atoms with Gasteiger partial charge in [0, 0.05) is 41.4 Å². The third-order valence-electron chi connectivity index (χ3n) is 4.67. The van der Waals surface area contributed by atoms with Gasteiger partial charge in [-0.3, -0.25) is 4.68 Å². The minimum atomic E-state index is -4.37. The Kier molecular flexibility index (Phi) is 6.71. The molecular formula is C18H24F3N3O3S2. The zero-order chi connectivity index (χ0) is 21.2. The molecule has 29 heavy (non-hydrogen) atoms. The molecule has 1 aliphatic heterocycles. The number of hydrogen-bond donors (Lipinski definition) is 1. The Morgan fingerprint density at radius 2 is 2.17 bits per heavy atom. The normalized spacial score (nSPS) is 21.7. The van der Waals surface area contributed by atoms with Gasteiger partial charge in [-0.25, -0.2) is 8.42 Å². The molecule has 0 aromatic carbocycles. The quantitative estimate of drug-likeness (QED) is 0.774. The largest absolute Gasteiger partial charge is 0.425 e. The maximum absolute atomic E-state index is 13.2. The first-order valence-electron chi connectivity index (χ1n) is 9.24. The van der Waals surface area contributed by atoms with Gasteiger partial charge in [-0.1, -0.05) is 0 Å². The van der Waals surface area contributed by atoms with Gasteiger partial charge in [0.15, 0.2) is 0 Å². The summed E-state index contributed by atoms with van der Waals surface area (Å²) in [5.41, 5.74) is 1.46. The lowest BCUT2D eigenvalue weighted by Gasteiger charge is -2.24. The van der Waals surface area contributed by atoms with E-state index in [1.54, 1.807) is 17.1 Å². The second-order valence-electron chi connectivity index (χ2n) is 7.37. The second-order valence-corrected chi connectivity index (χ2v) is 10.8. The Morgan fingerprint density at radius 3 is 2.86 bits per heavy atom. The average Bonchev–Trinajstić information content (AvgIpc) is 3.23. The molecule has 0 radical (unpaired) electrons. The van der Waals surface area contributed by atoms with E-state index in [2.05, 4.69) is 10.4 Å². The van der Waals surface area contributed by atoms with E-state index < -0.39 is 20.9 Å². The Labute approximate surface area is 172 Å². The Morgan fingerprint density at radius 1 is 1.41 bits per heavy atom. The number of aromatic nitrogens is 2. The molecule has 1 aliphatic rings. The van der Waals surface area contributed by atoms with Crippen molar-refractivity contribution in [3.63, 3.8) is 0 Å². The number of hydrogen-bond acceptors (Lipinski definition) is 6. The molecule has 2 atom stereocenters. The fraction of sp³-hybridized carbons (Fsp3) is 0.611. The molecule has 0 saturated carbocycles. The van der Waals surface area contributed by atoms with Crippen molar-refractivity contribution in [3.05, 3.63) is 39.3 Å². The van der Waals surface area contributed by atoms with Crippen LogP contribution in [-0.2, 0) is 40.1 Å². The number of nitrogens with zero attached hydrogens (tertiary/aromatic N) is 2. The molecule has 3 heterocycles. The number of rotatable bonds is 4. The third-order valence-corrected chi connectivity index (χ3v) is 6.88. The second kappa shape index (κ2) is 8.75. The molecule has 11 heteroatoms. The first-order valence-corrected chi connectivity index (χ1v) is 12.1. The van der Waals surface area contributed by atoms with Gasteiger partial charge in [0.1, 0.15) is 14.7 Å². The highest BCUT2D eigenvalue weighted by atomic mass is 32.2. The number of fused-ring (bicyclic) bond motifs is 1. The predicted octanol–water partition coefficient (Wildman–Crippen LogP) is 2.84. The molecule has 1 N–H and O–H groups in total. The van der Waals surface area contributed by atoms with Crippen LogP contribution in [0.4, 0.5) is 13.2 Å². The van der Waals surface area contributed by atoms with Crippen LogP contribution in [-0.4, -0.2) is 49.5 Å². The molecule has 0 bridgehead atoms. The number of alkyl halides is 3. The fourth-order valence-electron chi connectivity index (χ4n) is 3.24. The lowest BCUT2D eigenvalue weighted by Crippen LogP contribution is -2.36. The summed E-state index contributed by atoms with van der Waals surface area (Å²) >= 11 is 0.775. The summed E-state index contributed by atoms with van der Waals surface area (Å²) in [6.07, 6.45) is 1.02. The highest BCUT2D eigenvalue weighted by molar-refractivity contribution is 7.90. The van der Waals surface area contributed by atoms with E-state index in [0.29, 0.717) is 36.5 Å². The molecule has 2 aromatic heterocycles. The van der Waals surface area contributed by atoms with Crippen molar-refractivity contribution in [2.24, 2.45) is 0 Å². The molecule has 3 rings (SSSR count). The van der Waals surface area contributed by atoms with Gasteiger partial charge in [-0.15, -0.1) is 11.3 Å². The van der Waals surface area contributed by atoms with Crippen molar-refractivity contribution < 1.29 is 26.3 Å². The lowest BCUT2D eigenvalue weighted by atomic mass is 9.99. The smallest absolute Gasteiger partial charge is 0.379 e. The van der Waals surface area contributed by atoms with E-state index in [1.165, 1.54) is 6.07 Å². The van der Waals surface area contributed by atoms with Crippen LogP contribution in [0.5, 0.6) is 0 Å². The predicted molar refractivity (Wildman–Crippen MR) is 105 cm³/mol. The Bertz CT molecular complexity index is 938. The molecule has 0 saturated heterocycles. The SMILES string of the molecule is CC1COCCc2sc(C(F)(F)F)cc2CC(c2cnn(CCS(C)(=O)=O)c2)N1. The maximum atomic E-state index is 13.2. The van der Waals surface area contributed by atoms with Gasteiger partial charge >= 0.3 is 6.18 Å². The van der Waals surface area contributed by atoms with Gasteiger partial charge in [-0.05, 0) is 25.0 Å². The van der Waals surface area contributed by atoms with E-state index in [1.807, 2.05) is 6.92 Å². The topological polar surface area (TPSA) is 73.2 Å². The van der Waals surface area contributed by atoms with Crippen molar-refractivity contribution in [1.29, 1.82) is 0 Å². The summed E-state index contributed by atoms with van der Waals surface area (Å²) in [5, 5.41) is 7.62. The van der Waals surface area contributed by atoms with Crippen LogP contribution in [0.3, 0.4) is 0 Å². The Balaban J connectivity index is 1.86. The standard InChI is InChI=1S/C18H24F3N3O3S2/c1-12-11-27-5-3-16-13(8-17(28-16)18(19,20)21)7-15(23-12)14-9-22-24(10-14)4-6-29(2,25)26/h8-10,12,15,23H,3-7,11H2,1-2H3. The average molecular weight is 452 g/mol. The van der Waals surface area contributed by atoms with Gasteiger partial charge in [0.05, 0.1) is 31.7 Å².